The lowest BCUT2D eigenvalue weighted by molar-refractivity contribution is -0.135. The van der Waals surface area contributed by atoms with Gasteiger partial charge in [-0.2, -0.15) is 5.10 Å². The van der Waals surface area contributed by atoms with E-state index in [1.165, 1.54) is 6.26 Å². The van der Waals surface area contributed by atoms with E-state index in [2.05, 4.69) is 20.2 Å². The lowest BCUT2D eigenvalue weighted by atomic mass is 9.87. The first-order valence-corrected chi connectivity index (χ1v) is 16.3. The minimum absolute atomic E-state index is 0.00656. The summed E-state index contributed by atoms with van der Waals surface area (Å²) < 4.78 is 27.9. The number of rotatable bonds is 6. The van der Waals surface area contributed by atoms with Gasteiger partial charge in [0.05, 0.1) is 17.8 Å². The summed E-state index contributed by atoms with van der Waals surface area (Å²) in [4.78, 5) is 29.4. The quantitative estimate of drug-likeness (QED) is 0.299. The van der Waals surface area contributed by atoms with Gasteiger partial charge in [0.1, 0.15) is 28.0 Å². The molecule has 11 nitrogen and oxygen atoms in total. The number of nitrogen functional groups attached to an aromatic ring is 1. The number of piperidine rings is 1. The van der Waals surface area contributed by atoms with Crippen LogP contribution in [0.4, 0.5) is 5.82 Å². The van der Waals surface area contributed by atoms with Crippen molar-refractivity contribution in [2.24, 2.45) is 0 Å². The number of sulfone groups is 1. The summed E-state index contributed by atoms with van der Waals surface area (Å²) in [5, 5.41) is 6.87. The molecule has 0 radical (unpaired) electrons. The molecule has 1 amide bonds. The fourth-order valence-corrected chi connectivity index (χ4v) is 7.94. The standard InChI is InChI=1S/C31H32N8O3S/c1-18-34-26(37-36-18)16-27(40)39-22-9-10-23(39)15-21(14-22)28-29(43(2,41)42)30(32)38-13-12-24(31(38)35-28)20-8-11-25(33-17-20)19-6-4-3-5-7-19/h3-8,11-13,17,21-23H,9-10,14-16,32H2,1-2H3,(H,34,36,37)/t21-,22-,23+. The number of nitrogens with one attached hydrogen (secondary N) is 1. The maximum Gasteiger partial charge on any atom is 0.230 e. The Kier molecular flexibility index (Phi) is 6.53. The largest absolute Gasteiger partial charge is 0.384 e. The molecule has 3 N–H and O–H groups in total. The van der Waals surface area contributed by atoms with Crippen LogP contribution in [0, 0.1) is 6.92 Å². The molecule has 4 aromatic heterocycles. The van der Waals surface area contributed by atoms with Crippen LogP contribution >= 0.6 is 0 Å². The third-order valence-corrected chi connectivity index (χ3v) is 9.86. The van der Waals surface area contributed by atoms with E-state index >= 15 is 0 Å². The minimum atomic E-state index is -3.70. The topological polar surface area (TPSA) is 152 Å². The highest BCUT2D eigenvalue weighted by atomic mass is 32.2. The van der Waals surface area contributed by atoms with Gasteiger partial charge in [0.25, 0.3) is 0 Å². The smallest absolute Gasteiger partial charge is 0.230 e. The third kappa shape index (κ3) is 4.85. The van der Waals surface area contributed by atoms with E-state index in [9.17, 15) is 13.2 Å². The number of aromatic amines is 1. The van der Waals surface area contributed by atoms with Crippen LogP contribution in [0.1, 0.15) is 48.9 Å². The fraction of sp³-hybridized carbons (Fsp3) is 0.323. The Balaban J connectivity index is 1.24. The molecular formula is C31H32N8O3S. The Labute approximate surface area is 249 Å². The van der Waals surface area contributed by atoms with Crippen LogP contribution in [0.5, 0.6) is 0 Å². The van der Waals surface area contributed by atoms with Gasteiger partial charge in [-0.15, -0.1) is 0 Å². The van der Waals surface area contributed by atoms with Gasteiger partial charge in [-0.05, 0) is 44.7 Å². The van der Waals surface area contributed by atoms with Crippen molar-refractivity contribution < 1.29 is 13.2 Å². The Hall–Kier alpha value is -4.58. The molecule has 2 aliphatic heterocycles. The zero-order valence-corrected chi connectivity index (χ0v) is 24.8. The van der Waals surface area contributed by atoms with Gasteiger partial charge in [0.15, 0.2) is 9.84 Å². The van der Waals surface area contributed by atoms with Gasteiger partial charge in [-0.25, -0.2) is 18.4 Å². The molecule has 3 atom stereocenters. The molecule has 2 saturated heterocycles. The molecule has 12 heteroatoms. The third-order valence-electron chi connectivity index (χ3n) is 8.70. The maximum absolute atomic E-state index is 13.3. The number of anilines is 1. The molecule has 1 aromatic carbocycles. The Morgan fingerprint density at radius 1 is 1.02 bits per heavy atom. The Morgan fingerprint density at radius 2 is 1.77 bits per heavy atom. The molecule has 2 bridgehead atoms. The van der Waals surface area contributed by atoms with Crippen LogP contribution < -0.4 is 5.73 Å². The molecule has 6 heterocycles. The number of nitrogens with zero attached hydrogens (tertiary/aromatic N) is 6. The highest BCUT2D eigenvalue weighted by Crippen LogP contribution is 2.45. The summed E-state index contributed by atoms with van der Waals surface area (Å²) in [6.07, 6.45) is 7.87. The van der Waals surface area contributed by atoms with E-state index < -0.39 is 9.84 Å². The van der Waals surface area contributed by atoms with Crippen LogP contribution in [0.15, 0.2) is 65.8 Å². The van der Waals surface area contributed by atoms with Crippen molar-refractivity contribution in [3.05, 3.63) is 78.3 Å². The lowest BCUT2D eigenvalue weighted by Gasteiger charge is -2.39. The first-order valence-electron chi connectivity index (χ1n) is 14.4. The first kappa shape index (κ1) is 27.3. The van der Waals surface area contributed by atoms with E-state index in [0.717, 1.165) is 35.2 Å². The van der Waals surface area contributed by atoms with Crippen molar-refractivity contribution in [3.8, 4) is 22.4 Å². The van der Waals surface area contributed by atoms with Crippen molar-refractivity contribution in [1.29, 1.82) is 0 Å². The second-order valence-corrected chi connectivity index (χ2v) is 13.5. The molecule has 0 saturated carbocycles. The van der Waals surface area contributed by atoms with E-state index in [-0.39, 0.29) is 41.0 Å². The van der Waals surface area contributed by atoms with E-state index in [0.29, 0.717) is 35.8 Å². The van der Waals surface area contributed by atoms with Gasteiger partial charge in [0.2, 0.25) is 5.91 Å². The van der Waals surface area contributed by atoms with Crippen molar-refractivity contribution in [1.82, 2.24) is 34.4 Å². The fourth-order valence-electron chi connectivity index (χ4n) is 6.86. The summed E-state index contributed by atoms with van der Waals surface area (Å²) >= 11 is 0. The average Bonchev–Trinajstić information content (AvgIpc) is 3.68. The average molecular weight is 597 g/mol. The van der Waals surface area contributed by atoms with Crippen LogP contribution in [0.3, 0.4) is 0 Å². The van der Waals surface area contributed by atoms with Gasteiger partial charge < -0.3 is 10.6 Å². The maximum atomic E-state index is 13.3. The summed E-state index contributed by atoms with van der Waals surface area (Å²) in [5.41, 5.74) is 11.2. The van der Waals surface area contributed by atoms with Crippen molar-refractivity contribution in [3.63, 3.8) is 0 Å². The first-order chi connectivity index (χ1) is 20.7. The minimum Gasteiger partial charge on any atom is -0.384 e. The Morgan fingerprint density at radius 3 is 2.40 bits per heavy atom. The lowest BCUT2D eigenvalue weighted by Crippen LogP contribution is -2.47. The van der Waals surface area contributed by atoms with Crippen LogP contribution in [-0.4, -0.2) is 67.1 Å². The number of pyridine rings is 1. The van der Waals surface area contributed by atoms with E-state index in [1.807, 2.05) is 53.4 Å². The molecule has 5 aromatic rings. The number of hydrogen-bond donors (Lipinski definition) is 2. The highest BCUT2D eigenvalue weighted by Gasteiger charge is 2.45. The van der Waals surface area contributed by atoms with Crippen LogP contribution in [0.25, 0.3) is 28.0 Å². The van der Waals surface area contributed by atoms with Gasteiger partial charge in [-0.1, -0.05) is 36.4 Å². The van der Waals surface area contributed by atoms with Crippen molar-refractivity contribution >= 4 is 27.2 Å². The molecule has 7 rings (SSSR count). The number of hydrogen-bond acceptors (Lipinski definition) is 8. The van der Waals surface area contributed by atoms with Gasteiger partial charge in [-0.3, -0.25) is 19.3 Å². The summed E-state index contributed by atoms with van der Waals surface area (Å²) in [6, 6.07) is 15.8. The number of nitrogens with two attached hydrogens (primary N) is 1. The summed E-state index contributed by atoms with van der Waals surface area (Å²) in [6.45, 7) is 1.78. The molecule has 0 aliphatic carbocycles. The number of aromatic nitrogens is 6. The predicted molar refractivity (Wildman–Crippen MR) is 162 cm³/mol. The van der Waals surface area contributed by atoms with Gasteiger partial charge in [0, 0.05) is 53.3 Å². The molecule has 2 aliphatic rings. The van der Waals surface area contributed by atoms with Crippen LogP contribution in [0.2, 0.25) is 0 Å². The van der Waals surface area contributed by atoms with Crippen LogP contribution in [-0.2, 0) is 21.1 Å². The molecular weight excluding hydrogens is 564 g/mol. The number of aryl methyl sites for hydroxylation is 1. The van der Waals surface area contributed by atoms with E-state index in [1.54, 1.807) is 23.7 Å². The summed E-state index contributed by atoms with van der Waals surface area (Å²) in [5.74, 6) is 1.15. The molecule has 2 fully saturated rings. The zero-order valence-electron chi connectivity index (χ0n) is 23.9. The van der Waals surface area contributed by atoms with Crippen molar-refractivity contribution in [2.75, 3.05) is 12.0 Å². The Bertz CT molecular complexity index is 1940. The second kappa shape index (κ2) is 10.3. The second-order valence-electron chi connectivity index (χ2n) is 11.6. The van der Waals surface area contributed by atoms with Crippen molar-refractivity contribution in [2.45, 2.75) is 61.9 Å². The number of carbonyl (C=O) groups excluding carboxylic acids is 1. The summed E-state index contributed by atoms with van der Waals surface area (Å²) in [7, 11) is -3.70. The molecule has 43 heavy (non-hydrogen) atoms. The number of amides is 1. The van der Waals surface area contributed by atoms with Gasteiger partial charge >= 0.3 is 0 Å². The molecule has 0 spiro atoms. The predicted octanol–water partition coefficient (Wildman–Crippen LogP) is 3.96. The number of fused-ring (bicyclic) bond motifs is 3. The normalized spacial score (nSPS) is 20.1. The number of H-pyrrole nitrogens is 1. The molecule has 0 unspecified atom stereocenters. The highest BCUT2D eigenvalue weighted by molar-refractivity contribution is 7.91. The number of benzene rings is 1. The monoisotopic (exact) mass is 596 g/mol. The number of carbonyl (C=O) groups is 1. The van der Waals surface area contributed by atoms with E-state index in [4.69, 9.17) is 10.7 Å². The SMILES string of the molecule is Cc1n[nH]c(CC(=O)N2[C@@H]3CC[C@H]2C[C@H](c2nc4c(-c5ccc(-c6ccccc6)nc5)ccn4c(N)c2S(C)(=O)=O)C3)n1. The zero-order chi connectivity index (χ0) is 29.9. The molecule has 220 valence electrons.